The molecule has 21 heavy (non-hydrogen) atoms. The van der Waals surface area contributed by atoms with E-state index in [9.17, 15) is 9.59 Å². The second-order valence-corrected chi connectivity index (χ2v) is 5.11. The Kier molecular flexibility index (Phi) is 5.38. The molecule has 1 atom stereocenters. The van der Waals surface area contributed by atoms with Crippen molar-refractivity contribution in [3.63, 3.8) is 0 Å². The van der Waals surface area contributed by atoms with Gasteiger partial charge in [-0.05, 0) is 18.6 Å². The van der Waals surface area contributed by atoms with Gasteiger partial charge in [0.1, 0.15) is 5.69 Å². The van der Waals surface area contributed by atoms with Gasteiger partial charge in [0.05, 0.1) is 26.2 Å². The lowest BCUT2D eigenvalue weighted by atomic mass is 10.2. The van der Waals surface area contributed by atoms with Crippen LogP contribution in [0.2, 0.25) is 0 Å². The van der Waals surface area contributed by atoms with E-state index in [-0.39, 0.29) is 24.4 Å². The van der Waals surface area contributed by atoms with Crippen molar-refractivity contribution in [1.82, 2.24) is 9.47 Å². The predicted octanol–water partition coefficient (Wildman–Crippen LogP) is 1.30. The van der Waals surface area contributed by atoms with Gasteiger partial charge in [-0.25, -0.2) is 0 Å². The van der Waals surface area contributed by atoms with Crippen molar-refractivity contribution in [2.45, 2.75) is 32.4 Å². The number of hydrogen-bond acceptors (Lipinski definition) is 4. The minimum absolute atomic E-state index is 0.00776. The van der Waals surface area contributed by atoms with Crippen molar-refractivity contribution in [2.75, 3.05) is 26.8 Å². The molecular formula is C15H22N2O4. The van der Waals surface area contributed by atoms with Crippen LogP contribution in [0.4, 0.5) is 0 Å². The van der Waals surface area contributed by atoms with Gasteiger partial charge < -0.3 is 18.9 Å². The van der Waals surface area contributed by atoms with Gasteiger partial charge in [-0.2, -0.15) is 0 Å². The maximum atomic E-state index is 12.6. The van der Waals surface area contributed by atoms with E-state index in [4.69, 9.17) is 4.74 Å². The van der Waals surface area contributed by atoms with Gasteiger partial charge in [0, 0.05) is 25.8 Å². The zero-order valence-electron chi connectivity index (χ0n) is 12.6. The minimum atomic E-state index is -0.316. The summed E-state index contributed by atoms with van der Waals surface area (Å²) in [4.78, 5) is 25.7. The molecule has 6 nitrogen and oxygen atoms in total. The molecule has 1 aromatic heterocycles. The minimum Gasteiger partial charge on any atom is -0.469 e. The summed E-state index contributed by atoms with van der Waals surface area (Å²) in [6.45, 7) is 4.32. The Hall–Kier alpha value is -1.82. The number of aromatic nitrogens is 1. The zero-order chi connectivity index (χ0) is 15.2. The molecule has 2 heterocycles. The number of aryl methyl sites for hydroxylation is 1. The van der Waals surface area contributed by atoms with Gasteiger partial charge in [-0.3, -0.25) is 9.59 Å². The number of ether oxygens (including phenoxy) is 2. The molecule has 0 spiro atoms. The molecule has 1 fully saturated rings. The van der Waals surface area contributed by atoms with E-state index in [1.54, 1.807) is 4.90 Å². The van der Waals surface area contributed by atoms with Crippen molar-refractivity contribution < 1.29 is 19.1 Å². The van der Waals surface area contributed by atoms with Gasteiger partial charge in [-0.15, -0.1) is 0 Å². The lowest BCUT2D eigenvalue weighted by Gasteiger charge is -2.32. The molecule has 0 radical (unpaired) electrons. The predicted molar refractivity (Wildman–Crippen MR) is 77.0 cm³/mol. The van der Waals surface area contributed by atoms with Crippen LogP contribution in [0.25, 0.3) is 0 Å². The standard InChI is InChI=1S/C15H22N2O4/c1-3-6-16-7-4-5-13(16)15(19)17-8-9-21-12(11-17)10-14(18)20-2/h4-5,7,12H,3,6,8-11H2,1-2H3. The average Bonchev–Trinajstić information content (AvgIpc) is 2.95. The smallest absolute Gasteiger partial charge is 0.308 e. The Labute approximate surface area is 124 Å². The fraction of sp³-hybridized carbons (Fsp3) is 0.600. The molecule has 1 amide bonds. The number of esters is 1. The van der Waals surface area contributed by atoms with Crippen LogP contribution in [0.15, 0.2) is 18.3 Å². The summed E-state index contributed by atoms with van der Waals surface area (Å²) in [7, 11) is 1.35. The molecule has 0 aliphatic carbocycles. The van der Waals surface area contributed by atoms with Gasteiger partial charge in [0.25, 0.3) is 5.91 Å². The van der Waals surface area contributed by atoms with E-state index in [0.717, 1.165) is 13.0 Å². The number of amides is 1. The highest BCUT2D eigenvalue weighted by atomic mass is 16.5. The second-order valence-electron chi connectivity index (χ2n) is 5.11. The van der Waals surface area contributed by atoms with Crippen LogP contribution in [0, 0.1) is 0 Å². The van der Waals surface area contributed by atoms with Crippen molar-refractivity contribution in [3.05, 3.63) is 24.0 Å². The first kappa shape index (κ1) is 15.6. The van der Waals surface area contributed by atoms with Crippen LogP contribution in [-0.4, -0.2) is 54.3 Å². The van der Waals surface area contributed by atoms with E-state index >= 15 is 0 Å². The third kappa shape index (κ3) is 3.85. The molecule has 6 heteroatoms. The van der Waals surface area contributed by atoms with Crippen LogP contribution < -0.4 is 0 Å². The topological polar surface area (TPSA) is 60.8 Å². The van der Waals surface area contributed by atoms with Crippen molar-refractivity contribution in [2.24, 2.45) is 0 Å². The van der Waals surface area contributed by atoms with Crippen LogP contribution in [0.3, 0.4) is 0 Å². The van der Waals surface area contributed by atoms with Gasteiger partial charge in [0.15, 0.2) is 0 Å². The molecule has 1 aliphatic heterocycles. The Balaban J connectivity index is 2.01. The molecule has 1 saturated heterocycles. The van der Waals surface area contributed by atoms with E-state index in [1.165, 1.54) is 7.11 Å². The lowest BCUT2D eigenvalue weighted by molar-refractivity contribution is -0.145. The first-order valence-electron chi connectivity index (χ1n) is 7.28. The molecule has 0 bridgehead atoms. The van der Waals surface area contributed by atoms with Gasteiger partial charge in [0.2, 0.25) is 0 Å². The molecular weight excluding hydrogens is 272 g/mol. The fourth-order valence-corrected chi connectivity index (χ4v) is 2.50. The monoisotopic (exact) mass is 294 g/mol. The van der Waals surface area contributed by atoms with Gasteiger partial charge in [-0.1, -0.05) is 6.92 Å². The van der Waals surface area contributed by atoms with Crippen molar-refractivity contribution in [3.8, 4) is 0 Å². The molecule has 0 aromatic carbocycles. The maximum absolute atomic E-state index is 12.6. The van der Waals surface area contributed by atoms with Crippen LogP contribution in [0.5, 0.6) is 0 Å². The third-order valence-corrected chi connectivity index (χ3v) is 3.56. The number of carbonyl (C=O) groups excluding carboxylic acids is 2. The Bertz CT molecular complexity index is 498. The van der Waals surface area contributed by atoms with Gasteiger partial charge >= 0.3 is 5.97 Å². The Morgan fingerprint density at radius 1 is 1.48 bits per heavy atom. The quantitative estimate of drug-likeness (QED) is 0.768. The molecule has 116 valence electrons. The summed E-state index contributed by atoms with van der Waals surface area (Å²) >= 11 is 0. The third-order valence-electron chi connectivity index (χ3n) is 3.56. The molecule has 1 aliphatic rings. The normalized spacial score (nSPS) is 18.6. The van der Waals surface area contributed by atoms with E-state index < -0.39 is 0 Å². The molecule has 1 aromatic rings. The first-order valence-corrected chi connectivity index (χ1v) is 7.28. The Morgan fingerprint density at radius 2 is 2.29 bits per heavy atom. The first-order chi connectivity index (χ1) is 10.2. The van der Waals surface area contributed by atoms with E-state index in [1.807, 2.05) is 22.9 Å². The summed E-state index contributed by atoms with van der Waals surface area (Å²) in [6, 6.07) is 3.72. The number of nitrogens with zero attached hydrogens (tertiary/aromatic N) is 2. The molecule has 1 unspecified atom stereocenters. The number of hydrogen-bond donors (Lipinski definition) is 0. The van der Waals surface area contributed by atoms with Crippen LogP contribution in [0.1, 0.15) is 30.3 Å². The van der Waals surface area contributed by atoms with Crippen LogP contribution >= 0.6 is 0 Å². The molecule has 0 N–H and O–H groups in total. The number of rotatable bonds is 5. The van der Waals surface area contributed by atoms with E-state index in [0.29, 0.717) is 25.4 Å². The fourth-order valence-electron chi connectivity index (χ4n) is 2.50. The summed E-state index contributed by atoms with van der Waals surface area (Å²) in [5.41, 5.74) is 0.690. The number of carbonyl (C=O) groups is 2. The second kappa shape index (κ2) is 7.26. The zero-order valence-corrected chi connectivity index (χ0v) is 12.6. The summed E-state index contributed by atoms with van der Waals surface area (Å²) in [5, 5.41) is 0. The molecule has 2 rings (SSSR count). The summed E-state index contributed by atoms with van der Waals surface area (Å²) in [5.74, 6) is -0.324. The largest absolute Gasteiger partial charge is 0.469 e. The highest BCUT2D eigenvalue weighted by molar-refractivity contribution is 5.93. The lowest BCUT2D eigenvalue weighted by Crippen LogP contribution is -2.46. The summed E-state index contributed by atoms with van der Waals surface area (Å²) in [6.07, 6.45) is 2.78. The Morgan fingerprint density at radius 3 is 3.00 bits per heavy atom. The highest BCUT2D eigenvalue weighted by Gasteiger charge is 2.28. The van der Waals surface area contributed by atoms with Crippen molar-refractivity contribution in [1.29, 1.82) is 0 Å². The van der Waals surface area contributed by atoms with E-state index in [2.05, 4.69) is 11.7 Å². The highest BCUT2D eigenvalue weighted by Crippen LogP contribution is 2.14. The number of morpholine rings is 1. The molecule has 0 saturated carbocycles. The SMILES string of the molecule is CCCn1cccc1C(=O)N1CCOC(CC(=O)OC)C1. The summed E-state index contributed by atoms with van der Waals surface area (Å²) < 4.78 is 12.1. The average molecular weight is 294 g/mol. The van der Waals surface area contributed by atoms with Crippen LogP contribution in [-0.2, 0) is 20.8 Å². The number of methoxy groups -OCH3 is 1. The maximum Gasteiger partial charge on any atom is 0.308 e. The van der Waals surface area contributed by atoms with Crippen molar-refractivity contribution >= 4 is 11.9 Å².